The van der Waals surface area contributed by atoms with Gasteiger partial charge in [0.2, 0.25) is 0 Å². The van der Waals surface area contributed by atoms with Crippen molar-refractivity contribution in [3.63, 3.8) is 0 Å². The third-order valence-electron chi connectivity index (χ3n) is 3.69. The van der Waals surface area contributed by atoms with E-state index in [0.717, 1.165) is 18.5 Å². The van der Waals surface area contributed by atoms with Crippen LogP contribution in [0.5, 0.6) is 0 Å². The molecule has 6 heteroatoms. The summed E-state index contributed by atoms with van der Waals surface area (Å²) in [5, 5.41) is 7.12. The second-order valence-electron chi connectivity index (χ2n) is 4.84. The van der Waals surface area contributed by atoms with Gasteiger partial charge in [-0.05, 0) is 12.3 Å². The molecule has 0 aliphatic heterocycles. The fourth-order valence-corrected chi connectivity index (χ4v) is 2.26. The summed E-state index contributed by atoms with van der Waals surface area (Å²) in [5.74, 6) is 0.962. The predicted molar refractivity (Wildman–Crippen MR) is 76.6 cm³/mol. The lowest BCUT2D eigenvalue weighted by Crippen LogP contribution is -2.30. The lowest BCUT2D eigenvalue weighted by Gasteiger charge is -2.14. The number of hydrogen-bond acceptors (Lipinski definition) is 4. The van der Waals surface area contributed by atoms with Crippen LogP contribution in [0.2, 0.25) is 0 Å². The van der Waals surface area contributed by atoms with E-state index in [2.05, 4.69) is 34.2 Å². The van der Waals surface area contributed by atoms with Crippen molar-refractivity contribution in [2.75, 3.05) is 6.54 Å². The molecular formula is C14H21N5O. The van der Waals surface area contributed by atoms with Crippen LogP contribution >= 0.6 is 0 Å². The third kappa shape index (κ3) is 2.79. The van der Waals surface area contributed by atoms with Gasteiger partial charge in [-0.15, -0.1) is 0 Å². The molecule has 0 saturated carbocycles. The van der Waals surface area contributed by atoms with Gasteiger partial charge in [0.15, 0.2) is 0 Å². The molecule has 0 atom stereocenters. The zero-order chi connectivity index (χ0) is 14.5. The number of fused-ring (bicyclic) bond motifs is 1. The summed E-state index contributed by atoms with van der Waals surface area (Å²) in [4.78, 5) is 20.5. The van der Waals surface area contributed by atoms with Gasteiger partial charge in [-0.25, -0.2) is 9.50 Å². The lowest BCUT2D eigenvalue weighted by molar-refractivity contribution is 0.0944. The minimum absolute atomic E-state index is 0.0846. The summed E-state index contributed by atoms with van der Waals surface area (Å²) in [6, 6.07) is 0. The van der Waals surface area contributed by atoms with Gasteiger partial charge >= 0.3 is 0 Å². The van der Waals surface area contributed by atoms with Crippen molar-refractivity contribution >= 4 is 11.7 Å². The Balaban J connectivity index is 2.21. The molecule has 2 aromatic rings. The maximum absolute atomic E-state index is 12.3. The van der Waals surface area contributed by atoms with Gasteiger partial charge in [-0.2, -0.15) is 10.1 Å². The highest BCUT2D eigenvalue weighted by atomic mass is 16.1. The number of aryl methyl sites for hydroxylation is 1. The minimum atomic E-state index is -0.0846. The van der Waals surface area contributed by atoms with E-state index < -0.39 is 0 Å². The summed E-state index contributed by atoms with van der Waals surface area (Å²) in [5.41, 5.74) is 1.42. The Labute approximate surface area is 118 Å². The van der Waals surface area contributed by atoms with E-state index in [1.165, 1.54) is 6.33 Å². The maximum Gasteiger partial charge on any atom is 0.254 e. The number of amides is 1. The Hall–Kier alpha value is -1.98. The Kier molecular flexibility index (Phi) is 4.65. The van der Waals surface area contributed by atoms with Crippen LogP contribution in [-0.2, 0) is 6.42 Å². The van der Waals surface area contributed by atoms with Gasteiger partial charge in [0.1, 0.15) is 6.33 Å². The van der Waals surface area contributed by atoms with Crippen LogP contribution in [0.25, 0.3) is 5.78 Å². The van der Waals surface area contributed by atoms with Crippen molar-refractivity contribution in [2.24, 2.45) is 5.92 Å². The third-order valence-corrected chi connectivity index (χ3v) is 3.69. The first kappa shape index (κ1) is 14.4. The Morgan fingerprint density at radius 3 is 2.70 bits per heavy atom. The normalized spacial score (nSPS) is 11.2. The summed E-state index contributed by atoms with van der Waals surface area (Å²) in [6.07, 6.45) is 5.88. The van der Waals surface area contributed by atoms with Crippen LogP contribution in [0.4, 0.5) is 0 Å². The highest BCUT2D eigenvalue weighted by Gasteiger charge is 2.16. The van der Waals surface area contributed by atoms with E-state index in [0.29, 0.717) is 30.2 Å². The van der Waals surface area contributed by atoms with Crippen LogP contribution in [-0.4, -0.2) is 32.0 Å². The molecule has 1 amide bonds. The second kappa shape index (κ2) is 6.45. The van der Waals surface area contributed by atoms with E-state index in [1.807, 2.05) is 6.92 Å². The van der Waals surface area contributed by atoms with Crippen LogP contribution in [0, 0.1) is 5.92 Å². The molecule has 2 aromatic heterocycles. The highest BCUT2D eigenvalue weighted by molar-refractivity contribution is 5.95. The monoisotopic (exact) mass is 275 g/mol. The summed E-state index contributed by atoms with van der Waals surface area (Å²) in [6.45, 7) is 6.97. The first-order chi connectivity index (χ1) is 9.71. The van der Waals surface area contributed by atoms with Gasteiger partial charge in [0.05, 0.1) is 11.3 Å². The van der Waals surface area contributed by atoms with Crippen molar-refractivity contribution in [3.8, 4) is 0 Å². The SMILES string of the molecule is CCc1c(C(=O)NCC(CC)CC)cnc2ncnn12. The Morgan fingerprint density at radius 1 is 1.30 bits per heavy atom. The molecule has 0 aromatic carbocycles. The van der Waals surface area contributed by atoms with E-state index >= 15 is 0 Å². The van der Waals surface area contributed by atoms with Gasteiger partial charge in [0.25, 0.3) is 11.7 Å². The molecule has 6 nitrogen and oxygen atoms in total. The molecule has 1 N–H and O–H groups in total. The minimum Gasteiger partial charge on any atom is -0.352 e. The molecule has 20 heavy (non-hydrogen) atoms. The largest absolute Gasteiger partial charge is 0.352 e. The molecule has 0 aliphatic carbocycles. The molecule has 0 bridgehead atoms. The Bertz CT molecular complexity index is 588. The molecule has 2 rings (SSSR count). The zero-order valence-electron chi connectivity index (χ0n) is 12.3. The fourth-order valence-electron chi connectivity index (χ4n) is 2.26. The van der Waals surface area contributed by atoms with E-state index in [9.17, 15) is 4.79 Å². The van der Waals surface area contributed by atoms with E-state index in [-0.39, 0.29) is 5.91 Å². The van der Waals surface area contributed by atoms with Crippen LogP contribution in [0.1, 0.15) is 49.7 Å². The highest BCUT2D eigenvalue weighted by Crippen LogP contribution is 2.11. The van der Waals surface area contributed by atoms with E-state index in [4.69, 9.17) is 0 Å². The molecule has 2 heterocycles. The van der Waals surface area contributed by atoms with Crippen LogP contribution in [0.15, 0.2) is 12.5 Å². The summed E-state index contributed by atoms with van der Waals surface area (Å²) >= 11 is 0. The average Bonchev–Trinajstić information content (AvgIpc) is 2.95. The van der Waals surface area contributed by atoms with Gasteiger partial charge in [-0.1, -0.05) is 33.6 Å². The molecule has 0 fully saturated rings. The summed E-state index contributed by atoms with van der Waals surface area (Å²) in [7, 11) is 0. The first-order valence-electron chi connectivity index (χ1n) is 7.16. The van der Waals surface area contributed by atoms with Crippen molar-refractivity contribution in [3.05, 3.63) is 23.8 Å². The fraction of sp³-hybridized carbons (Fsp3) is 0.571. The molecule has 0 aliphatic rings. The van der Waals surface area contributed by atoms with Gasteiger partial charge < -0.3 is 5.32 Å². The number of carbonyl (C=O) groups is 1. The standard InChI is InChI=1S/C14H21N5O/c1-4-10(5-2)7-15-13(20)11-8-16-14-17-9-18-19(14)12(11)6-3/h8-10H,4-7H2,1-3H3,(H,15,20). The van der Waals surface area contributed by atoms with Crippen molar-refractivity contribution in [1.82, 2.24) is 24.9 Å². The smallest absolute Gasteiger partial charge is 0.254 e. The molecule has 0 unspecified atom stereocenters. The predicted octanol–water partition coefficient (Wildman–Crippen LogP) is 1.85. The van der Waals surface area contributed by atoms with Crippen LogP contribution in [0.3, 0.4) is 0 Å². The maximum atomic E-state index is 12.3. The number of rotatable bonds is 6. The van der Waals surface area contributed by atoms with Crippen molar-refractivity contribution in [2.45, 2.75) is 40.0 Å². The van der Waals surface area contributed by atoms with Crippen molar-refractivity contribution in [1.29, 1.82) is 0 Å². The number of nitrogens with one attached hydrogen (secondary N) is 1. The quantitative estimate of drug-likeness (QED) is 0.873. The molecule has 0 saturated heterocycles. The number of aromatic nitrogens is 4. The molecule has 108 valence electrons. The number of hydrogen-bond donors (Lipinski definition) is 1. The topological polar surface area (TPSA) is 72.2 Å². The first-order valence-corrected chi connectivity index (χ1v) is 7.16. The van der Waals surface area contributed by atoms with E-state index in [1.54, 1.807) is 10.7 Å². The second-order valence-corrected chi connectivity index (χ2v) is 4.84. The zero-order valence-corrected chi connectivity index (χ0v) is 12.3. The molecule has 0 radical (unpaired) electrons. The number of carbonyl (C=O) groups excluding carboxylic acids is 1. The van der Waals surface area contributed by atoms with Gasteiger partial charge in [0, 0.05) is 12.7 Å². The Morgan fingerprint density at radius 2 is 2.05 bits per heavy atom. The average molecular weight is 275 g/mol. The molecule has 0 spiro atoms. The van der Waals surface area contributed by atoms with Crippen LogP contribution < -0.4 is 5.32 Å². The molecular weight excluding hydrogens is 254 g/mol. The van der Waals surface area contributed by atoms with Gasteiger partial charge in [-0.3, -0.25) is 4.79 Å². The van der Waals surface area contributed by atoms with Crippen molar-refractivity contribution < 1.29 is 4.79 Å². The lowest BCUT2D eigenvalue weighted by atomic mass is 10.0. The summed E-state index contributed by atoms with van der Waals surface area (Å²) < 4.78 is 1.63. The number of nitrogens with zero attached hydrogens (tertiary/aromatic N) is 4.